The van der Waals surface area contributed by atoms with Crippen molar-refractivity contribution >= 4 is 51.3 Å². The number of anilines is 2. The molecule has 7 nitrogen and oxygen atoms in total. The number of hydrogen-bond donors (Lipinski definition) is 3. The Balaban J connectivity index is 1.62. The number of amides is 3. The van der Waals surface area contributed by atoms with Gasteiger partial charge >= 0.3 is 0 Å². The smallest absolute Gasteiger partial charge is 0.261 e. The van der Waals surface area contributed by atoms with Crippen molar-refractivity contribution in [3.05, 3.63) is 81.2 Å². The molecule has 0 radical (unpaired) electrons. The molecule has 0 saturated heterocycles. The summed E-state index contributed by atoms with van der Waals surface area (Å²) in [5.74, 6) is -0.843. The second-order valence-electron chi connectivity index (χ2n) is 6.92. The Labute approximate surface area is 194 Å². The Kier molecular flexibility index (Phi) is 7.99. The minimum absolute atomic E-state index is 0.0338. The first-order chi connectivity index (χ1) is 15.4. The fraction of sp³-hybridized carbons (Fsp3) is 0.174. The molecule has 0 atom stereocenters. The van der Waals surface area contributed by atoms with Crippen LogP contribution < -0.4 is 16.0 Å². The van der Waals surface area contributed by atoms with E-state index in [9.17, 15) is 14.4 Å². The third-order valence-corrected chi connectivity index (χ3v) is 5.90. The molecule has 3 amide bonds. The van der Waals surface area contributed by atoms with Gasteiger partial charge in [-0.05, 0) is 48.4 Å². The third-order valence-electron chi connectivity index (χ3n) is 4.42. The minimum Gasteiger partial charge on any atom is -0.375 e. The van der Waals surface area contributed by atoms with E-state index in [1.807, 2.05) is 13.0 Å². The zero-order valence-corrected chi connectivity index (χ0v) is 19.1. The monoisotopic (exact) mass is 471 g/mol. The maximum atomic E-state index is 12.7. The summed E-state index contributed by atoms with van der Waals surface area (Å²) in [6.45, 7) is 2.06. The molecule has 2 aromatic carbocycles. The first-order valence-corrected chi connectivity index (χ1v) is 10.9. The number of carbonyl (C=O) groups excluding carboxylic acids is 3. The molecule has 166 valence electrons. The Hall–Kier alpha value is -3.20. The summed E-state index contributed by atoms with van der Waals surface area (Å²) in [5.41, 5.74) is 2.57. The first-order valence-electron chi connectivity index (χ1n) is 9.69. The highest BCUT2D eigenvalue weighted by atomic mass is 35.5. The van der Waals surface area contributed by atoms with Crippen LogP contribution in [-0.2, 0) is 16.1 Å². The van der Waals surface area contributed by atoms with Gasteiger partial charge in [0.15, 0.2) is 0 Å². The normalized spacial score (nSPS) is 10.5. The molecule has 3 N–H and O–H groups in total. The van der Waals surface area contributed by atoms with Gasteiger partial charge in [0.1, 0.15) is 6.61 Å². The topological polar surface area (TPSA) is 96.5 Å². The number of carbonyl (C=O) groups is 3. The molecular weight excluding hydrogens is 450 g/mol. The summed E-state index contributed by atoms with van der Waals surface area (Å²) in [5, 5.41) is 9.30. The van der Waals surface area contributed by atoms with E-state index in [1.54, 1.807) is 48.5 Å². The van der Waals surface area contributed by atoms with Crippen molar-refractivity contribution in [2.75, 3.05) is 24.4 Å². The van der Waals surface area contributed by atoms with Gasteiger partial charge in [-0.15, -0.1) is 11.3 Å². The van der Waals surface area contributed by atoms with Crippen molar-refractivity contribution in [1.82, 2.24) is 5.32 Å². The average molecular weight is 472 g/mol. The lowest BCUT2D eigenvalue weighted by Gasteiger charge is -2.08. The van der Waals surface area contributed by atoms with Gasteiger partial charge in [-0.25, -0.2) is 0 Å². The molecule has 0 spiro atoms. The van der Waals surface area contributed by atoms with Crippen LogP contribution in [0.15, 0.2) is 54.6 Å². The Morgan fingerprint density at radius 2 is 1.78 bits per heavy atom. The highest BCUT2D eigenvalue weighted by Crippen LogP contribution is 2.28. The van der Waals surface area contributed by atoms with Gasteiger partial charge in [0.2, 0.25) is 5.91 Å². The van der Waals surface area contributed by atoms with E-state index in [1.165, 1.54) is 18.4 Å². The van der Waals surface area contributed by atoms with Gasteiger partial charge < -0.3 is 20.7 Å². The second kappa shape index (κ2) is 10.9. The summed E-state index contributed by atoms with van der Waals surface area (Å²) in [7, 11) is 1.45. The van der Waals surface area contributed by atoms with E-state index >= 15 is 0 Å². The zero-order valence-electron chi connectivity index (χ0n) is 17.5. The predicted octanol–water partition coefficient (Wildman–Crippen LogP) is 4.48. The number of rotatable bonds is 8. The van der Waals surface area contributed by atoms with Gasteiger partial charge in [-0.3, -0.25) is 14.4 Å². The number of aryl methyl sites for hydroxylation is 1. The van der Waals surface area contributed by atoms with Crippen LogP contribution in [0.2, 0.25) is 5.02 Å². The quantitative estimate of drug-likeness (QED) is 0.451. The van der Waals surface area contributed by atoms with Crippen LogP contribution >= 0.6 is 22.9 Å². The van der Waals surface area contributed by atoms with Crippen molar-refractivity contribution < 1.29 is 19.1 Å². The largest absolute Gasteiger partial charge is 0.375 e. The molecule has 0 fully saturated rings. The van der Waals surface area contributed by atoms with Crippen LogP contribution in [0.3, 0.4) is 0 Å². The first kappa shape index (κ1) is 23.5. The third kappa shape index (κ3) is 6.16. The van der Waals surface area contributed by atoms with Gasteiger partial charge in [0.25, 0.3) is 11.8 Å². The fourth-order valence-corrected chi connectivity index (χ4v) is 4.15. The van der Waals surface area contributed by atoms with E-state index in [-0.39, 0.29) is 30.9 Å². The summed E-state index contributed by atoms with van der Waals surface area (Å²) in [4.78, 5) is 37.3. The van der Waals surface area contributed by atoms with Crippen LogP contribution in [-0.4, -0.2) is 31.4 Å². The molecule has 32 heavy (non-hydrogen) atoms. The minimum atomic E-state index is -0.337. The van der Waals surface area contributed by atoms with Gasteiger partial charge in [0.05, 0.1) is 20.5 Å². The Morgan fingerprint density at radius 3 is 2.53 bits per heavy atom. The predicted molar refractivity (Wildman–Crippen MR) is 127 cm³/mol. The summed E-state index contributed by atoms with van der Waals surface area (Å²) in [6, 6.07) is 15.7. The Morgan fingerprint density at radius 1 is 1.00 bits per heavy atom. The fourth-order valence-electron chi connectivity index (χ4n) is 2.94. The van der Waals surface area contributed by atoms with Crippen LogP contribution in [0.5, 0.6) is 0 Å². The summed E-state index contributed by atoms with van der Waals surface area (Å²) >= 11 is 7.27. The molecule has 0 bridgehead atoms. The lowest BCUT2D eigenvalue weighted by Crippen LogP contribution is -2.22. The number of thiophene rings is 1. The van der Waals surface area contributed by atoms with Crippen LogP contribution in [0, 0.1) is 6.92 Å². The van der Waals surface area contributed by atoms with Gasteiger partial charge in [-0.2, -0.15) is 0 Å². The maximum absolute atomic E-state index is 12.7. The average Bonchev–Trinajstić information content (AvgIpc) is 3.12. The SMILES string of the molecule is COCC(=O)Nc1cccc(CNC(=O)c2sc(NC(=O)c3ccccc3Cl)cc2C)c1. The molecule has 1 aromatic heterocycles. The molecule has 0 unspecified atom stereocenters. The molecule has 9 heteroatoms. The van der Waals surface area contributed by atoms with Crippen molar-refractivity contribution in [2.45, 2.75) is 13.5 Å². The molecule has 0 aliphatic heterocycles. The van der Waals surface area contributed by atoms with E-state index in [0.29, 0.717) is 26.2 Å². The van der Waals surface area contributed by atoms with Crippen LogP contribution in [0.4, 0.5) is 10.7 Å². The highest BCUT2D eigenvalue weighted by molar-refractivity contribution is 7.18. The van der Waals surface area contributed by atoms with E-state index in [2.05, 4.69) is 16.0 Å². The molecule has 3 rings (SSSR count). The number of methoxy groups -OCH3 is 1. The molecule has 3 aromatic rings. The molecular formula is C23H22ClN3O4S. The molecule has 0 aliphatic rings. The Bertz CT molecular complexity index is 1150. The number of benzene rings is 2. The zero-order chi connectivity index (χ0) is 23.1. The van der Waals surface area contributed by atoms with Crippen molar-refractivity contribution in [3.63, 3.8) is 0 Å². The van der Waals surface area contributed by atoms with E-state index in [4.69, 9.17) is 16.3 Å². The summed E-state index contributed by atoms with van der Waals surface area (Å²) in [6.07, 6.45) is 0. The van der Waals surface area contributed by atoms with Crippen molar-refractivity contribution in [3.8, 4) is 0 Å². The lowest BCUT2D eigenvalue weighted by atomic mass is 10.2. The van der Waals surface area contributed by atoms with Crippen molar-refractivity contribution in [1.29, 1.82) is 0 Å². The van der Waals surface area contributed by atoms with E-state index in [0.717, 1.165) is 11.1 Å². The summed E-state index contributed by atoms with van der Waals surface area (Å²) < 4.78 is 4.80. The highest BCUT2D eigenvalue weighted by Gasteiger charge is 2.16. The number of nitrogens with one attached hydrogen (secondary N) is 3. The van der Waals surface area contributed by atoms with Gasteiger partial charge in [0, 0.05) is 19.3 Å². The number of ether oxygens (including phenoxy) is 1. The van der Waals surface area contributed by atoms with Crippen LogP contribution in [0.25, 0.3) is 0 Å². The van der Waals surface area contributed by atoms with Gasteiger partial charge in [-0.1, -0.05) is 35.9 Å². The van der Waals surface area contributed by atoms with E-state index < -0.39 is 0 Å². The second-order valence-corrected chi connectivity index (χ2v) is 8.38. The number of hydrogen-bond acceptors (Lipinski definition) is 5. The lowest BCUT2D eigenvalue weighted by molar-refractivity contribution is -0.119. The maximum Gasteiger partial charge on any atom is 0.261 e. The molecule has 1 heterocycles. The molecule has 0 aliphatic carbocycles. The van der Waals surface area contributed by atoms with Crippen LogP contribution in [0.1, 0.15) is 31.2 Å². The number of halogens is 1. The standard InChI is InChI=1S/C23H22ClN3O4S/c1-14-10-20(27-22(29)17-8-3-4-9-18(17)24)32-21(14)23(30)25-12-15-6-5-7-16(11-15)26-19(28)13-31-2/h3-11H,12-13H2,1-2H3,(H,25,30)(H,26,28)(H,27,29). The van der Waals surface area contributed by atoms with Crippen molar-refractivity contribution in [2.24, 2.45) is 0 Å². The molecule has 0 saturated carbocycles.